The maximum absolute atomic E-state index is 13.7. The van der Waals surface area contributed by atoms with Crippen molar-refractivity contribution >= 4 is 23.6 Å². The Hall–Kier alpha value is -4.50. The van der Waals surface area contributed by atoms with Crippen LogP contribution in [0.5, 0.6) is 0 Å². The van der Waals surface area contributed by atoms with Crippen LogP contribution in [0.25, 0.3) is 0 Å². The van der Waals surface area contributed by atoms with Gasteiger partial charge in [-0.3, -0.25) is 19.2 Å². The molecule has 2 aliphatic rings. The van der Waals surface area contributed by atoms with E-state index in [9.17, 15) is 19.2 Å². The summed E-state index contributed by atoms with van der Waals surface area (Å²) in [6.07, 6.45) is 9.41. The van der Waals surface area contributed by atoms with Gasteiger partial charge in [-0.1, -0.05) is 194 Å². The molecule has 0 spiro atoms. The number of carbonyl (C=O) groups is 4. The summed E-state index contributed by atoms with van der Waals surface area (Å²) in [4.78, 5) is 54.8. The van der Waals surface area contributed by atoms with Crippen LogP contribution in [-0.2, 0) is 0 Å². The van der Waals surface area contributed by atoms with Crippen LogP contribution in [0.1, 0.15) is 307 Å². The van der Waals surface area contributed by atoms with Crippen molar-refractivity contribution in [2.75, 3.05) is 0 Å². The average Bonchev–Trinajstić information content (AvgIpc) is 1.14. The third kappa shape index (κ3) is 20.2. The fourth-order valence-corrected chi connectivity index (χ4v) is 11.3. The Morgan fingerprint density at radius 1 is 0.333 bits per heavy atom. The van der Waals surface area contributed by atoms with Crippen molar-refractivity contribution < 1.29 is 101 Å². The van der Waals surface area contributed by atoms with E-state index in [2.05, 4.69) is 231 Å². The summed E-state index contributed by atoms with van der Waals surface area (Å²) < 4.78 is 0. The molecule has 0 aromatic heterocycles. The molecule has 0 radical (unpaired) electrons. The van der Waals surface area contributed by atoms with E-state index >= 15 is 0 Å². The normalized spacial score (nSPS) is 15.3. The van der Waals surface area contributed by atoms with E-state index in [0.29, 0.717) is 12.8 Å². The van der Waals surface area contributed by atoms with Gasteiger partial charge in [0.05, 0.1) is 11.4 Å². The number of hydrogen-bond donors (Lipinski definition) is 6. The largest absolute Gasteiger partial charge is 0.358 e. The van der Waals surface area contributed by atoms with Gasteiger partial charge >= 0.3 is 0 Å². The summed E-state index contributed by atoms with van der Waals surface area (Å²) in [5.74, 6) is 1.48. The standard InChI is InChI=1S/2C37H51N3O2.CH3.2Nd/c2*1-20(2)28-16-24(9)17-29(21(3)4)34(28)36(41)38-26(11)32-14-13-15-33(40-32)27(12)39-37(42)35-30(22(5)6)18-25(10)19-31(35)23(7)8;;;/h2*13-14,16-23,40H,15H2,1-12H3,(H,38,41)(H,39,42);1H3;;/q;;-1;;. The van der Waals surface area contributed by atoms with Crippen molar-refractivity contribution in [3.63, 3.8) is 0 Å². The molecule has 0 atom stereocenters. The fourth-order valence-electron chi connectivity index (χ4n) is 11.3. The molecule has 0 aliphatic carbocycles. The molecule has 468 valence electrons. The molecular weight excluding hydrogens is 1340 g/mol. The Kier molecular flexibility index (Phi) is 31.3. The van der Waals surface area contributed by atoms with Crippen LogP contribution >= 0.6 is 0 Å². The van der Waals surface area contributed by atoms with Crippen LogP contribution < -0.4 is 31.9 Å². The fraction of sp³-hybridized carbons (Fsp3) is 0.453. The maximum Gasteiger partial charge on any atom is 0.256 e. The number of allylic oxidation sites excluding steroid dienone is 8. The number of carbonyl (C=O) groups excluding carboxylic acids is 4. The topological polar surface area (TPSA) is 140 Å². The van der Waals surface area contributed by atoms with Gasteiger partial charge < -0.3 is 39.3 Å². The molecule has 2 heterocycles. The van der Waals surface area contributed by atoms with Crippen LogP contribution in [0, 0.1) is 117 Å². The van der Waals surface area contributed by atoms with E-state index in [1.807, 2.05) is 39.8 Å². The van der Waals surface area contributed by atoms with Gasteiger partial charge in [-0.25, -0.2) is 0 Å². The number of rotatable bonds is 16. The van der Waals surface area contributed by atoms with E-state index in [-0.39, 0.29) is 160 Å². The van der Waals surface area contributed by atoms with Crippen LogP contribution in [0.3, 0.4) is 0 Å². The second-order valence-electron chi connectivity index (χ2n) is 26.1. The zero-order valence-corrected chi connectivity index (χ0v) is 64.0. The average molecular weight is 1440 g/mol. The van der Waals surface area contributed by atoms with Crippen molar-refractivity contribution in [2.24, 2.45) is 0 Å². The SMILES string of the molecule is CC(NC(=O)c1c(C(C)C)cc(C)cc1C(C)C)=C1C=CCC(=C(C)NC(=O)c2c(C(C)C)cc(C)cc2C(C)C)N1.CC(NC(=O)c1c(C(C)C)cc(C)cc1C(C)C)=C1C=CCC(=C(C)NC(=O)c2c(C(C)C)cc(C)cc2C(C)C)N1.[CH3-].[Nd].[Nd]. The van der Waals surface area contributed by atoms with Gasteiger partial charge in [0, 0.05) is 151 Å². The first-order valence-electron chi connectivity index (χ1n) is 30.7. The minimum Gasteiger partial charge on any atom is -0.358 e. The van der Waals surface area contributed by atoms with Gasteiger partial charge in [0.25, 0.3) is 23.6 Å². The zero-order chi connectivity index (χ0) is 62.9. The number of amides is 4. The monoisotopic (exact) mass is 1440 g/mol. The zero-order valence-electron chi connectivity index (χ0n) is 57.6. The van der Waals surface area contributed by atoms with Crippen LogP contribution in [0.15, 0.2) is 118 Å². The first-order chi connectivity index (χ1) is 39.2. The predicted octanol–water partition coefficient (Wildman–Crippen LogP) is 18.4. The summed E-state index contributed by atoms with van der Waals surface area (Å²) >= 11 is 0. The molecule has 0 fully saturated rings. The molecule has 4 amide bonds. The summed E-state index contributed by atoms with van der Waals surface area (Å²) in [5.41, 5.74) is 22.8. The third-order valence-electron chi connectivity index (χ3n) is 16.0. The van der Waals surface area contributed by atoms with Gasteiger partial charge in [0.1, 0.15) is 0 Å². The maximum atomic E-state index is 13.7. The molecule has 12 heteroatoms. The van der Waals surface area contributed by atoms with Crippen LogP contribution in [-0.4, -0.2) is 23.6 Å². The molecule has 0 bridgehead atoms. The van der Waals surface area contributed by atoms with E-state index in [4.69, 9.17) is 0 Å². The smallest absolute Gasteiger partial charge is 0.256 e. The molecule has 0 saturated carbocycles. The minimum absolute atomic E-state index is 0. The van der Waals surface area contributed by atoms with Crippen molar-refractivity contribution in [3.05, 3.63) is 215 Å². The Bertz CT molecular complexity index is 3020. The van der Waals surface area contributed by atoms with Gasteiger partial charge in [0.2, 0.25) is 0 Å². The van der Waals surface area contributed by atoms with E-state index in [1.54, 1.807) is 0 Å². The van der Waals surface area contributed by atoms with E-state index in [1.165, 1.54) is 22.3 Å². The summed E-state index contributed by atoms with van der Waals surface area (Å²) in [6, 6.07) is 17.0. The van der Waals surface area contributed by atoms with Crippen LogP contribution in [0.2, 0.25) is 0 Å². The number of benzene rings is 4. The number of nitrogens with one attached hydrogen (secondary N) is 6. The van der Waals surface area contributed by atoms with Gasteiger partial charge in [-0.05, 0) is 159 Å². The van der Waals surface area contributed by atoms with Crippen molar-refractivity contribution in [3.8, 4) is 0 Å². The second kappa shape index (κ2) is 34.6. The molecule has 4 aromatic rings. The number of aryl methyl sites for hydroxylation is 4. The molecule has 2 aliphatic heterocycles. The Morgan fingerprint density at radius 3 is 0.678 bits per heavy atom. The molecule has 87 heavy (non-hydrogen) atoms. The molecule has 0 unspecified atom stereocenters. The minimum atomic E-state index is -0.0921. The Morgan fingerprint density at radius 2 is 0.506 bits per heavy atom. The first kappa shape index (κ1) is 78.6. The summed E-state index contributed by atoms with van der Waals surface area (Å²) in [7, 11) is 0. The van der Waals surface area contributed by atoms with Crippen molar-refractivity contribution in [1.29, 1.82) is 0 Å². The van der Waals surface area contributed by atoms with Gasteiger partial charge in [0.15, 0.2) is 0 Å². The molecule has 10 nitrogen and oxygen atoms in total. The summed E-state index contributed by atoms with van der Waals surface area (Å²) in [6.45, 7) is 50.1. The van der Waals surface area contributed by atoms with E-state index in [0.717, 1.165) is 112 Å². The predicted molar refractivity (Wildman–Crippen MR) is 358 cm³/mol. The van der Waals surface area contributed by atoms with E-state index < -0.39 is 0 Å². The first-order valence-corrected chi connectivity index (χ1v) is 30.7. The number of hydrogen-bond acceptors (Lipinski definition) is 6. The Balaban J connectivity index is 0.000000574. The molecule has 6 rings (SSSR count). The molecule has 0 saturated heterocycles. The third-order valence-corrected chi connectivity index (χ3v) is 16.0. The summed E-state index contributed by atoms with van der Waals surface area (Å²) in [5, 5.41) is 19.6. The molecule has 6 N–H and O–H groups in total. The van der Waals surface area contributed by atoms with Crippen LogP contribution in [0.4, 0.5) is 0 Å². The Labute approximate surface area is 591 Å². The quantitative estimate of drug-likeness (QED) is 0.0618. The second-order valence-corrected chi connectivity index (χ2v) is 26.1. The van der Waals surface area contributed by atoms with Gasteiger partial charge in [-0.2, -0.15) is 0 Å². The van der Waals surface area contributed by atoms with Gasteiger partial charge in [-0.15, -0.1) is 0 Å². The van der Waals surface area contributed by atoms with Crippen molar-refractivity contribution in [2.45, 2.75) is 226 Å². The van der Waals surface area contributed by atoms with Crippen molar-refractivity contribution in [1.82, 2.24) is 31.9 Å². The molecular formula is C75H105N6Nd2O4-. The molecule has 4 aromatic carbocycles.